The van der Waals surface area contributed by atoms with Gasteiger partial charge in [-0.2, -0.15) is 0 Å². The van der Waals surface area contributed by atoms with E-state index in [1.807, 2.05) is 18.3 Å². The Balaban J connectivity index is 1.37. The molecule has 0 amide bonds. The molecule has 5 rings (SSSR count). The first-order chi connectivity index (χ1) is 16.4. The molecule has 0 N–H and O–H groups in total. The van der Waals surface area contributed by atoms with Crippen LogP contribution in [0.5, 0.6) is 0 Å². The van der Waals surface area contributed by atoms with Crippen molar-refractivity contribution in [3.63, 3.8) is 0 Å². The third kappa shape index (κ3) is 4.73. The number of rotatable bonds is 6. The van der Waals surface area contributed by atoms with Gasteiger partial charge in [0.05, 0.1) is 28.8 Å². The largest absolute Gasteiger partial charge is 0.327 e. The summed E-state index contributed by atoms with van der Waals surface area (Å²) < 4.78 is 29.4. The predicted molar refractivity (Wildman–Crippen MR) is 131 cm³/mol. The van der Waals surface area contributed by atoms with Crippen LogP contribution >= 0.6 is 0 Å². The van der Waals surface area contributed by atoms with E-state index in [4.69, 9.17) is 9.97 Å². The Labute approximate surface area is 200 Å². The number of para-hydroxylation sites is 2. The van der Waals surface area contributed by atoms with E-state index < -0.39 is 5.92 Å². The number of alkyl halides is 2. The highest BCUT2D eigenvalue weighted by Crippen LogP contribution is 2.41. The van der Waals surface area contributed by atoms with E-state index in [9.17, 15) is 8.78 Å². The fourth-order valence-electron chi connectivity index (χ4n) is 5.76. The van der Waals surface area contributed by atoms with Crippen LogP contribution in [0.25, 0.3) is 11.0 Å². The minimum absolute atomic E-state index is 0.0204. The fraction of sp³-hybridized carbons (Fsp3) is 0.556. The summed E-state index contributed by atoms with van der Waals surface area (Å²) in [4.78, 5) is 14.5. The Hall–Kier alpha value is -2.38. The quantitative estimate of drug-likeness (QED) is 0.462. The van der Waals surface area contributed by atoms with E-state index in [1.54, 1.807) is 0 Å². The zero-order valence-electron chi connectivity index (χ0n) is 20.3. The number of halogens is 2. The number of hydrogen-bond acceptors (Lipinski definition) is 4. The fourth-order valence-corrected chi connectivity index (χ4v) is 5.76. The molecule has 2 saturated heterocycles. The highest BCUT2D eigenvalue weighted by Gasteiger charge is 2.35. The Bertz CT molecular complexity index is 1120. The first-order valence-electron chi connectivity index (χ1n) is 12.6. The van der Waals surface area contributed by atoms with Crippen molar-refractivity contribution in [1.29, 1.82) is 0 Å². The SMILES string of the molecule is Cc1cccnc1[C@@H]1CCC[C@H](c2nc3ccccc3n2CCCN2CCC(F)(F)CC2)N1C. The number of hydrogen-bond donors (Lipinski definition) is 0. The molecule has 1 aromatic carbocycles. The van der Waals surface area contributed by atoms with Crippen molar-refractivity contribution in [2.45, 2.75) is 70.0 Å². The van der Waals surface area contributed by atoms with Gasteiger partial charge >= 0.3 is 0 Å². The van der Waals surface area contributed by atoms with E-state index in [0.29, 0.717) is 13.1 Å². The van der Waals surface area contributed by atoms with Crippen molar-refractivity contribution in [3.8, 4) is 0 Å². The van der Waals surface area contributed by atoms with Crippen LogP contribution in [0.4, 0.5) is 8.78 Å². The van der Waals surface area contributed by atoms with E-state index >= 15 is 0 Å². The molecule has 2 atom stereocenters. The van der Waals surface area contributed by atoms with Gasteiger partial charge in [-0.3, -0.25) is 9.88 Å². The zero-order chi connectivity index (χ0) is 23.7. The molecule has 0 spiro atoms. The molecule has 4 heterocycles. The summed E-state index contributed by atoms with van der Waals surface area (Å²) in [6, 6.07) is 13.0. The number of benzene rings is 1. The summed E-state index contributed by atoms with van der Waals surface area (Å²) in [5.41, 5.74) is 4.59. The Morgan fingerprint density at radius 2 is 1.76 bits per heavy atom. The maximum absolute atomic E-state index is 13.5. The van der Waals surface area contributed by atoms with Crippen LogP contribution in [-0.2, 0) is 6.54 Å². The molecule has 34 heavy (non-hydrogen) atoms. The van der Waals surface area contributed by atoms with Gasteiger partial charge in [0.15, 0.2) is 0 Å². The average molecular weight is 468 g/mol. The first kappa shape index (κ1) is 23.4. The number of piperidine rings is 2. The van der Waals surface area contributed by atoms with Crippen LogP contribution in [-0.4, -0.2) is 56.9 Å². The summed E-state index contributed by atoms with van der Waals surface area (Å²) in [7, 11) is 2.21. The van der Waals surface area contributed by atoms with E-state index in [2.05, 4.69) is 52.6 Å². The number of aromatic nitrogens is 3. The van der Waals surface area contributed by atoms with E-state index in [-0.39, 0.29) is 24.9 Å². The summed E-state index contributed by atoms with van der Waals surface area (Å²) in [5, 5.41) is 0. The highest BCUT2D eigenvalue weighted by molar-refractivity contribution is 5.76. The van der Waals surface area contributed by atoms with Gasteiger partial charge < -0.3 is 9.47 Å². The lowest BCUT2D eigenvalue weighted by Gasteiger charge is -2.39. The monoisotopic (exact) mass is 467 g/mol. The third-order valence-electron chi connectivity index (χ3n) is 7.73. The Kier molecular flexibility index (Phi) is 6.67. The molecule has 5 nitrogen and oxygen atoms in total. The van der Waals surface area contributed by atoms with Crippen LogP contribution in [0.3, 0.4) is 0 Å². The molecule has 2 fully saturated rings. The number of aryl methyl sites for hydroxylation is 2. The summed E-state index contributed by atoms with van der Waals surface area (Å²) in [6.07, 6.45) is 6.10. The number of likely N-dealkylation sites (tertiary alicyclic amines) is 2. The van der Waals surface area contributed by atoms with Crippen LogP contribution in [0.2, 0.25) is 0 Å². The maximum atomic E-state index is 13.5. The molecule has 2 aliphatic rings. The van der Waals surface area contributed by atoms with Crippen molar-refractivity contribution in [2.24, 2.45) is 0 Å². The minimum Gasteiger partial charge on any atom is -0.327 e. The smallest absolute Gasteiger partial charge is 0.250 e. The first-order valence-corrected chi connectivity index (χ1v) is 12.6. The molecular formula is C27H35F2N5. The van der Waals surface area contributed by atoms with Crippen molar-refractivity contribution in [3.05, 3.63) is 59.7 Å². The predicted octanol–water partition coefficient (Wildman–Crippen LogP) is 5.76. The lowest BCUT2D eigenvalue weighted by molar-refractivity contribution is -0.0552. The van der Waals surface area contributed by atoms with Gasteiger partial charge in [-0.05, 0) is 70.0 Å². The van der Waals surface area contributed by atoms with E-state index in [0.717, 1.165) is 55.6 Å². The second-order valence-electron chi connectivity index (χ2n) is 10.00. The lowest BCUT2D eigenvalue weighted by Crippen LogP contribution is -2.40. The molecule has 3 aromatic rings. The molecule has 0 bridgehead atoms. The van der Waals surface area contributed by atoms with Crippen molar-refractivity contribution in [1.82, 2.24) is 24.3 Å². The van der Waals surface area contributed by atoms with E-state index in [1.165, 1.54) is 11.3 Å². The lowest BCUT2D eigenvalue weighted by atomic mass is 9.92. The van der Waals surface area contributed by atoms with Crippen molar-refractivity contribution < 1.29 is 8.78 Å². The molecular weight excluding hydrogens is 432 g/mol. The summed E-state index contributed by atoms with van der Waals surface area (Å²) in [6.45, 7) is 4.81. The summed E-state index contributed by atoms with van der Waals surface area (Å²) in [5.74, 6) is -1.37. The third-order valence-corrected chi connectivity index (χ3v) is 7.73. The maximum Gasteiger partial charge on any atom is 0.250 e. The molecule has 7 heteroatoms. The van der Waals surface area contributed by atoms with Gasteiger partial charge in [0.1, 0.15) is 5.82 Å². The number of pyridine rings is 1. The average Bonchev–Trinajstić information content (AvgIpc) is 3.19. The molecule has 0 radical (unpaired) electrons. The molecule has 2 aliphatic heterocycles. The standard InChI is InChI=1S/C27H35F2N5/c1-20-8-6-15-30-25(20)23-11-5-12-24(32(23)2)26-31-21-9-3-4-10-22(21)34(26)17-7-16-33-18-13-27(28,29)14-19-33/h3-4,6,8-10,15,23-24H,5,7,11-14,16-19H2,1-2H3/t23-,24+/m0/s1. The summed E-state index contributed by atoms with van der Waals surface area (Å²) >= 11 is 0. The molecule has 182 valence electrons. The normalized spacial score (nSPS) is 24.0. The second kappa shape index (κ2) is 9.70. The highest BCUT2D eigenvalue weighted by atomic mass is 19.3. The van der Waals surface area contributed by atoms with Crippen LogP contribution < -0.4 is 0 Å². The molecule has 0 saturated carbocycles. The molecule has 2 aromatic heterocycles. The van der Waals surface area contributed by atoms with Crippen molar-refractivity contribution >= 4 is 11.0 Å². The Morgan fingerprint density at radius 1 is 1.00 bits per heavy atom. The number of imidazole rings is 1. The number of fused-ring (bicyclic) bond motifs is 1. The number of nitrogens with zero attached hydrogens (tertiary/aromatic N) is 5. The topological polar surface area (TPSA) is 37.2 Å². The second-order valence-corrected chi connectivity index (χ2v) is 10.00. The van der Waals surface area contributed by atoms with Crippen LogP contribution in [0.15, 0.2) is 42.6 Å². The van der Waals surface area contributed by atoms with Gasteiger partial charge in [0.25, 0.3) is 5.92 Å². The van der Waals surface area contributed by atoms with Gasteiger partial charge in [-0.25, -0.2) is 13.8 Å². The van der Waals surface area contributed by atoms with Gasteiger partial charge in [-0.1, -0.05) is 18.2 Å². The van der Waals surface area contributed by atoms with Gasteiger partial charge in [0.2, 0.25) is 0 Å². The van der Waals surface area contributed by atoms with Gasteiger partial charge in [-0.15, -0.1) is 0 Å². The molecule has 0 aliphatic carbocycles. The Morgan fingerprint density at radius 3 is 2.56 bits per heavy atom. The minimum atomic E-state index is -2.49. The molecule has 0 unspecified atom stereocenters. The van der Waals surface area contributed by atoms with Crippen LogP contribution in [0, 0.1) is 6.92 Å². The van der Waals surface area contributed by atoms with Crippen molar-refractivity contribution in [2.75, 3.05) is 26.7 Å². The van der Waals surface area contributed by atoms with Gasteiger partial charge in [0, 0.05) is 38.7 Å². The zero-order valence-corrected chi connectivity index (χ0v) is 20.3. The van der Waals surface area contributed by atoms with Crippen LogP contribution in [0.1, 0.15) is 67.7 Å².